The molecule has 2 nitrogen and oxygen atoms in total. The van der Waals surface area contributed by atoms with Gasteiger partial charge < -0.3 is 4.74 Å². The molecule has 0 bridgehead atoms. The molecule has 0 spiro atoms. The molecule has 4 heteroatoms. The summed E-state index contributed by atoms with van der Waals surface area (Å²) in [6, 6.07) is 11.1. The number of benzene rings is 2. The number of rotatable bonds is 4. The van der Waals surface area contributed by atoms with Crippen molar-refractivity contribution in [2.75, 3.05) is 0 Å². The van der Waals surface area contributed by atoms with Crippen LogP contribution in [0.5, 0.6) is 11.5 Å². The summed E-state index contributed by atoms with van der Waals surface area (Å²) in [6.45, 7) is 1.82. The average molecular weight is 323 g/mol. The number of hydrogen-bond acceptors (Lipinski definition) is 2. The van der Waals surface area contributed by atoms with Crippen molar-refractivity contribution in [1.29, 1.82) is 0 Å². The highest BCUT2D eigenvalue weighted by Gasteiger charge is 2.06. The Morgan fingerprint density at radius 1 is 1.21 bits per heavy atom. The Morgan fingerprint density at radius 2 is 1.89 bits per heavy atom. The van der Waals surface area contributed by atoms with Gasteiger partial charge in [0.05, 0.1) is 4.47 Å². The molecule has 0 atom stereocenters. The van der Waals surface area contributed by atoms with Gasteiger partial charge in [0.15, 0.2) is 5.78 Å². The van der Waals surface area contributed by atoms with Gasteiger partial charge in [0, 0.05) is 12.0 Å². The van der Waals surface area contributed by atoms with Crippen LogP contribution in [-0.2, 0) is 0 Å². The predicted molar refractivity (Wildman–Crippen MR) is 75.2 cm³/mol. The summed E-state index contributed by atoms with van der Waals surface area (Å²) in [5, 5.41) is 0. The van der Waals surface area contributed by atoms with Crippen LogP contribution in [-0.4, -0.2) is 5.78 Å². The van der Waals surface area contributed by atoms with Crippen molar-refractivity contribution in [2.45, 2.75) is 13.3 Å². The molecule has 0 N–H and O–H groups in total. The molecular formula is C15H12BrFO2. The van der Waals surface area contributed by atoms with Crippen LogP contribution in [0.25, 0.3) is 0 Å². The second-order valence-corrected chi connectivity index (χ2v) is 4.83. The number of ketones is 1. The molecule has 0 aliphatic carbocycles. The fraction of sp³-hybridized carbons (Fsp3) is 0.133. The summed E-state index contributed by atoms with van der Waals surface area (Å²) in [5.74, 6) is 0.883. The summed E-state index contributed by atoms with van der Waals surface area (Å²) in [4.78, 5) is 11.5. The minimum Gasteiger partial charge on any atom is -0.456 e. The fourth-order valence-corrected chi connectivity index (χ4v) is 2.03. The van der Waals surface area contributed by atoms with Crippen LogP contribution in [0.2, 0.25) is 0 Å². The smallest absolute Gasteiger partial charge is 0.162 e. The van der Waals surface area contributed by atoms with Gasteiger partial charge in [-0.2, -0.15) is 0 Å². The standard InChI is InChI=1S/C15H12BrFO2/c1-2-14(18)10-3-6-12(7-4-10)19-15-8-5-11(17)9-13(15)16/h3-9H,2H2,1H3. The van der Waals surface area contributed by atoms with E-state index in [1.54, 1.807) is 30.3 Å². The van der Waals surface area contributed by atoms with E-state index in [2.05, 4.69) is 15.9 Å². The Morgan fingerprint density at radius 3 is 2.47 bits per heavy atom. The lowest BCUT2D eigenvalue weighted by molar-refractivity contribution is 0.0988. The van der Waals surface area contributed by atoms with Crippen LogP contribution in [0, 0.1) is 5.82 Å². The lowest BCUT2D eigenvalue weighted by Crippen LogP contribution is -1.95. The molecule has 0 heterocycles. The monoisotopic (exact) mass is 322 g/mol. The molecule has 98 valence electrons. The van der Waals surface area contributed by atoms with Crippen molar-refractivity contribution < 1.29 is 13.9 Å². The number of ether oxygens (including phenoxy) is 1. The zero-order valence-electron chi connectivity index (χ0n) is 10.3. The lowest BCUT2D eigenvalue weighted by atomic mass is 10.1. The molecule has 19 heavy (non-hydrogen) atoms. The summed E-state index contributed by atoms with van der Waals surface area (Å²) in [5.41, 5.74) is 0.660. The SMILES string of the molecule is CCC(=O)c1ccc(Oc2ccc(F)cc2Br)cc1. The van der Waals surface area contributed by atoms with E-state index in [1.807, 2.05) is 6.92 Å². The number of halogens is 2. The highest BCUT2D eigenvalue weighted by molar-refractivity contribution is 9.10. The number of hydrogen-bond donors (Lipinski definition) is 0. The van der Waals surface area contributed by atoms with E-state index in [4.69, 9.17) is 4.74 Å². The first-order valence-electron chi connectivity index (χ1n) is 5.86. The Hall–Kier alpha value is -1.68. The minimum atomic E-state index is -0.330. The van der Waals surface area contributed by atoms with Gasteiger partial charge in [-0.3, -0.25) is 4.79 Å². The third-order valence-electron chi connectivity index (χ3n) is 2.62. The van der Waals surface area contributed by atoms with Gasteiger partial charge in [-0.15, -0.1) is 0 Å². The zero-order valence-corrected chi connectivity index (χ0v) is 11.9. The molecule has 2 rings (SSSR count). The molecule has 0 unspecified atom stereocenters. The molecule has 2 aromatic carbocycles. The first-order chi connectivity index (χ1) is 9.10. The van der Waals surface area contributed by atoms with Gasteiger partial charge in [-0.25, -0.2) is 4.39 Å². The Balaban J connectivity index is 2.17. The molecule has 0 amide bonds. The second kappa shape index (κ2) is 5.97. The summed E-state index contributed by atoms with van der Waals surface area (Å²) < 4.78 is 19.1. The van der Waals surface area contributed by atoms with Gasteiger partial charge in [0.25, 0.3) is 0 Å². The summed E-state index contributed by atoms with van der Waals surface area (Å²) in [6.07, 6.45) is 0.476. The summed E-state index contributed by atoms with van der Waals surface area (Å²) >= 11 is 3.23. The van der Waals surface area contributed by atoms with E-state index in [-0.39, 0.29) is 11.6 Å². The first-order valence-corrected chi connectivity index (χ1v) is 6.65. The van der Waals surface area contributed by atoms with Crippen LogP contribution in [0.15, 0.2) is 46.9 Å². The van der Waals surface area contributed by atoms with E-state index in [1.165, 1.54) is 12.1 Å². The van der Waals surface area contributed by atoms with Crippen LogP contribution < -0.4 is 4.74 Å². The average Bonchev–Trinajstić information content (AvgIpc) is 2.42. The topological polar surface area (TPSA) is 26.3 Å². The third kappa shape index (κ3) is 3.41. The van der Waals surface area contributed by atoms with Gasteiger partial charge in [0.2, 0.25) is 0 Å². The Bertz CT molecular complexity index is 594. The van der Waals surface area contributed by atoms with Crippen LogP contribution in [0.4, 0.5) is 4.39 Å². The van der Waals surface area contributed by atoms with E-state index in [0.29, 0.717) is 28.0 Å². The number of carbonyl (C=O) groups excluding carboxylic acids is 1. The van der Waals surface area contributed by atoms with Crippen LogP contribution >= 0.6 is 15.9 Å². The molecule has 0 aliphatic heterocycles. The number of Topliss-reactive ketones (excluding diaryl/α,β-unsaturated/α-hetero) is 1. The fourth-order valence-electron chi connectivity index (χ4n) is 1.60. The second-order valence-electron chi connectivity index (χ2n) is 3.98. The third-order valence-corrected chi connectivity index (χ3v) is 3.24. The maximum absolute atomic E-state index is 12.9. The molecule has 0 aliphatic rings. The van der Waals surface area contributed by atoms with Gasteiger partial charge in [-0.05, 0) is 58.4 Å². The van der Waals surface area contributed by atoms with Gasteiger partial charge in [-0.1, -0.05) is 6.92 Å². The predicted octanol–water partition coefficient (Wildman–Crippen LogP) is 4.97. The Kier molecular flexibility index (Phi) is 4.32. The molecule has 0 fully saturated rings. The highest BCUT2D eigenvalue weighted by atomic mass is 79.9. The molecule has 0 saturated heterocycles. The van der Waals surface area contributed by atoms with Crippen LogP contribution in [0.3, 0.4) is 0 Å². The zero-order chi connectivity index (χ0) is 13.8. The van der Waals surface area contributed by atoms with Crippen molar-refractivity contribution in [1.82, 2.24) is 0 Å². The van der Waals surface area contributed by atoms with Crippen molar-refractivity contribution >= 4 is 21.7 Å². The Labute approximate surface area is 119 Å². The maximum atomic E-state index is 12.9. The summed E-state index contributed by atoms with van der Waals surface area (Å²) in [7, 11) is 0. The number of carbonyl (C=O) groups is 1. The molecular weight excluding hydrogens is 311 g/mol. The maximum Gasteiger partial charge on any atom is 0.162 e. The van der Waals surface area contributed by atoms with Crippen molar-refractivity contribution in [3.63, 3.8) is 0 Å². The van der Waals surface area contributed by atoms with Crippen LogP contribution in [0.1, 0.15) is 23.7 Å². The van der Waals surface area contributed by atoms with E-state index >= 15 is 0 Å². The van der Waals surface area contributed by atoms with E-state index < -0.39 is 0 Å². The molecule has 0 aromatic heterocycles. The lowest BCUT2D eigenvalue weighted by Gasteiger charge is -2.08. The van der Waals surface area contributed by atoms with Crippen molar-refractivity contribution in [2.24, 2.45) is 0 Å². The quantitative estimate of drug-likeness (QED) is 0.742. The van der Waals surface area contributed by atoms with Gasteiger partial charge >= 0.3 is 0 Å². The normalized spacial score (nSPS) is 10.3. The minimum absolute atomic E-state index is 0.0921. The molecule has 2 aromatic rings. The highest BCUT2D eigenvalue weighted by Crippen LogP contribution is 2.30. The molecule has 0 saturated carbocycles. The first kappa shape index (κ1) is 13.7. The largest absolute Gasteiger partial charge is 0.456 e. The van der Waals surface area contributed by atoms with Crippen molar-refractivity contribution in [3.05, 3.63) is 58.3 Å². The molecule has 0 radical (unpaired) electrons. The van der Waals surface area contributed by atoms with E-state index in [9.17, 15) is 9.18 Å². The van der Waals surface area contributed by atoms with Crippen molar-refractivity contribution in [3.8, 4) is 11.5 Å². The van der Waals surface area contributed by atoms with Gasteiger partial charge in [0.1, 0.15) is 17.3 Å². The van der Waals surface area contributed by atoms with E-state index in [0.717, 1.165) is 0 Å².